The molecule has 5 heteroatoms. The minimum absolute atomic E-state index is 0.217. The van der Waals surface area contributed by atoms with Crippen molar-refractivity contribution in [2.75, 3.05) is 39.3 Å². The fourth-order valence-corrected chi connectivity index (χ4v) is 4.84. The molecule has 5 nitrogen and oxygen atoms in total. The van der Waals surface area contributed by atoms with Gasteiger partial charge in [-0.1, -0.05) is 30.3 Å². The number of hydrogen-bond donors (Lipinski definition) is 1. The van der Waals surface area contributed by atoms with Gasteiger partial charge < -0.3 is 15.1 Å². The summed E-state index contributed by atoms with van der Waals surface area (Å²) in [7, 11) is 0. The smallest absolute Gasteiger partial charge is 0.226 e. The predicted molar refractivity (Wildman–Crippen MR) is 105 cm³/mol. The molecular formula is C22H31N3O2. The number of hydrogen-bond acceptors (Lipinski definition) is 3. The zero-order chi connectivity index (χ0) is 18.7. The van der Waals surface area contributed by atoms with Crippen LogP contribution in [-0.2, 0) is 16.0 Å². The second-order valence-electron chi connectivity index (χ2n) is 8.41. The molecule has 1 aromatic carbocycles. The molecule has 1 aliphatic carbocycles. The molecule has 3 fully saturated rings. The molecule has 2 saturated heterocycles. The van der Waals surface area contributed by atoms with Crippen LogP contribution in [0.15, 0.2) is 30.3 Å². The quantitative estimate of drug-likeness (QED) is 0.884. The van der Waals surface area contributed by atoms with E-state index in [1.807, 2.05) is 28.0 Å². The molecule has 0 radical (unpaired) electrons. The van der Waals surface area contributed by atoms with Gasteiger partial charge in [-0.25, -0.2) is 0 Å². The lowest BCUT2D eigenvalue weighted by molar-refractivity contribution is -0.135. The van der Waals surface area contributed by atoms with Crippen molar-refractivity contribution in [2.24, 2.45) is 11.3 Å². The van der Waals surface area contributed by atoms with Crippen molar-refractivity contribution in [2.45, 2.75) is 38.5 Å². The van der Waals surface area contributed by atoms with Crippen molar-refractivity contribution in [3.63, 3.8) is 0 Å². The molecule has 1 aromatic rings. The Morgan fingerprint density at radius 2 is 1.70 bits per heavy atom. The van der Waals surface area contributed by atoms with Gasteiger partial charge in [0.25, 0.3) is 0 Å². The molecule has 1 N–H and O–H groups in total. The van der Waals surface area contributed by atoms with E-state index >= 15 is 0 Å². The van der Waals surface area contributed by atoms with Gasteiger partial charge in [0, 0.05) is 38.5 Å². The molecule has 0 aromatic heterocycles. The van der Waals surface area contributed by atoms with Gasteiger partial charge >= 0.3 is 0 Å². The molecule has 1 unspecified atom stereocenters. The topological polar surface area (TPSA) is 52.7 Å². The molecule has 0 bridgehead atoms. The summed E-state index contributed by atoms with van der Waals surface area (Å²) in [6.45, 7) is 5.05. The molecule has 3 aliphatic rings. The van der Waals surface area contributed by atoms with Crippen molar-refractivity contribution in [3.05, 3.63) is 35.9 Å². The molecule has 1 saturated carbocycles. The summed E-state index contributed by atoms with van der Waals surface area (Å²) in [6.07, 6.45) is 5.59. The lowest BCUT2D eigenvalue weighted by Gasteiger charge is -2.26. The number of nitrogens with one attached hydrogen (secondary N) is 1. The highest BCUT2D eigenvalue weighted by Crippen LogP contribution is 2.59. The highest BCUT2D eigenvalue weighted by Gasteiger charge is 2.58. The number of rotatable bonds is 4. The molecule has 4 rings (SSSR count). The normalized spacial score (nSPS) is 24.5. The number of carbonyl (C=O) groups excluding carboxylic acids is 2. The largest absolute Gasteiger partial charge is 0.341 e. The summed E-state index contributed by atoms with van der Waals surface area (Å²) in [5, 5.41) is 3.40. The van der Waals surface area contributed by atoms with E-state index in [1.54, 1.807) is 0 Å². The van der Waals surface area contributed by atoms with Gasteiger partial charge in [-0.05, 0) is 56.2 Å². The van der Waals surface area contributed by atoms with E-state index in [2.05, 4.69) is 17.4 Å². The molecule has 2 heterocycles. The first-order chi connectivity index (χ1) is 13.2. The van der Waals surface area contributed by atoms with Gasteiger partial charge in [-0.2, -0.15) is 0 Å². The van der Waals surface area contributed by atoms with E-state index in [0.717, 1.165) is 58.3 Å². The zero-order valence-corrected chi connectivity index (χ0v) is 16.2. The van der Waals surface area contributed by atoms with Crippen LogP contribution in [-0.4, -0.2) is 60.9 Å². The molecule has 27 heavy (non-hydrogen) atoms. The number of carbonyl (C=O) groups is 2. The van der Waals surface area contributed by atoms with Crippen molar-refractivity contribution in [1.29, 1.82) is 0 Å². The summed E-state index contributed by atoms with van der Waals surface area (Å²) >= 11 is 0. The Morgan fingerprint density at radius 1 is 1.00 bits per heavy atom. The monoisotopic (exact) mass is 369 g/mol. The summed E-state index contributed by atoms with van der Waals surface area (Å²) < 4.78 is 0. The van der Waals surface area contributed by atoms with Crippen LogP contribution in [0, 0.1) is 11.3 Å². The highest BCUT2D eigenvalue weighted by atomic mass is 16.2. The van der Waals surface area contributed by atoms with Crippen LogP contribution in [0.5, 0.6) is 0 Å². The molecule has 1 spiro atoms. The lowest BCUT2D eigenvalue weighted by atomic mass is 9.91. The summed E-state index contributed by atoms with van der Waals surface area (Å²) in [5.74, 6) is 0.796. The number of piperidine rings is 1. The summed E-state index contributed by atoms with van der Waals surface area (Å²) in [4.78, 5) is 29.6. The van der Waals surface area contributed by atoms with Crippen LogP contribution in [0.3, 0.4) is 0 Å². The number of amides is 2. The van der Waals surface area contributed by atoms with Crippen LogP contribution in [0.2, 0.25) is 0 Å². The van der Waals surface area contributed by atoms with Crippen LogP contribution >= 0.6 is 0 Å². The van der Waals surface area contributed by atoms with E-state index in [4.69, 9.17) is 0 Å². The number of nitrogens with zero attached hydrogens (tertiary/aromatic N) is 2. The van der Waals surface area contributed by atoms with Crippen LogP contribution < -0.4 is 5.32 Å². The van der Waals surface area contributed by atoms with Gasteiger partial charge in [-0.15, -0.1) is 0 Å². The van der Waals surface area contributed by atoms with Crippen molar-refractivity contribution < 1.29 is 9.59 Å². The third-order valence-electron chi connectivity index (χ3n) is 6.72. The van der Waals surface area contributed by atoms with Gasteiger partial charge in [-0.3, -0.25) is 9.59 Å². The third kappa shape index (κ3) is 4.18. The van der Waals surface area contributed by atoms with E-state index in [1.165, 1.54) is 5.56 Å². The first kappa shape index (κ1) is 18.5. The van der Waals surface area contributed by atoms with E-state index < -0.39 is 0 Å². The van der Waals surface area contributed by atoms with Gasteiger partial charge in [0.15, 0.2) is 0 Å². The SMILES string of the molecule is O=C(CCc1ccccc1)N1CCCN(C(=O)C2CC23CCNCC3)CC1. The van der Waals surface area contributed by atoms with Crippen molar-refractivity contribution >= 4 is 11.8 Å². The Morgan fingerprint density at radius 3 is 2.48 bits per heavy atom. The number of benzene rings is 1. The fraction of sp³-hybridized carbons (Fsp3) is 0.636. The maximum Gasteiger partial charge on any atom is 0.226 e. The van der Waals surface area contributed by atoms with Crippen molar-refractivity contribution in [1.82, 2.24) is 15.1 Å². The maximum absolute atomic E-state index is 13.0. The molecule has 146 valence electrons. The Kier molecular flexibility index (Phi) is 5.48. The van der Waals surface area contributed by atoms with Crippen molar-refractivity contribution in [3.8, 4) is 0 Å². The molecule has 1 atom stereocenters. The fourth-order valence-electron chi connectivity index (χ4n) is 4.84. The summed E-state index contributed by atoms with van der Waals surface area (Å²) in [6, 6.07) is 10.2. The van der Waals surface area contributed by atoms with E-state index in [0.29, 0.717) is 30.8 Å². The van der Waals surface area contributed by atoms with E-state index in [-0.39, 0.29) is 11.8 Å². The van der Waals surface area contributed by atoms with Gasteiger partial charge in [0.2, 0.25) is 11.8 Å². The Bertz CT molecular complexity index is 669. The van der Waals surface area contributed by atoms with E-state index in [9.17, 15) is 9.59 Å². The Balaban J connectivity index is 1.26. The molecule has 2 amide bonds. The minimum Gasteiger partial charge on any atom is -0.341 e. The first-order valence-electron chi connectivity index (χ1n) is 10.5. The first-order valence-corrected chi connectivity index (χ1v) is 10.5. The average molecular weight is 370 g/mol. The second kappa shape index (κ2) is 8.01. The predicted octanol–water partition coefficient (Wildman–Crippen LogP) is 2.07. The summed E-state index contributed by atoms with van der Waals surface area (Å²) in [5.41, 5.74) is 1.50. The van der Waals surface area contributed by atoms with Crippen LogP contribution in [0.4, 0.5) is 0 Å². The molecule has 2 aliphatic heterocycles. The Labute approximate surface area is 162 Å². The number of aryl methyl sites for hydroxylation is 1. The van der Waals surface area contributed by atoms with Gasteiger partial charge in [0.1, 0.15) is 0 Å². The molecular weight excluding hydrogens is 338 g/mol. The van der Waals surface area contributed by atoms with Gasteiger partial charge in [0.05, 0.1) is 0 Å². The zero-order valence-electron chi connectivity index (χ0n) is 16.2. The van der Waals surface area contributed by atoms with Crippen LogP contribution in [0.1, 0.15) is 37.7 Å². The third-order valence-corrected chi connectivity index (χ3v) is 6.72. The average Bonchev–Trinajstić information content (AvgIpc) is 3.45. The highest BCUT2D eigenvalue weighted by molar-refractivity contribution is 5.83. The lowest BCUT2D eigenvalue weighted by Crippen LogP contribution is -2.39. The Hall–Kier alpha value is -1.88. The minimum atomic E-state index is 0.217. The standard InChI is InChI=1S/C22H31N3O2/c26-20(8-7-18-5-2-1-3-6-18)24-13-4-14-25(16-15-24)21(27)19-17-22(19)9-11-23-12-10-22/h1-3,5-6,19,23H,4,7-17H2. The maximum atomic E-state index is 13.0. The van der Waals surface area contributed by atoms with Crippen LogP contribution in [0.25, 0.3) is 0 Å². The second-order valence-corrected chi connectivity index (χ2v) is 8.41.